The zero-order chi connectivity index (χ0) is 18.6. The number of nitrogens with one attached hydrogen (secondary N) is 3. The van der Waals surface area contributed by atoms with Crippen LogP contribution in [0.2, 0.25) is 0 Å². The molecule has 27 heavy (non-hydrogen) atoms. The summed E-state index contributed by atoms with van der Waals surface area (Å²) in [6, 6.07) is 13.6. The standard InChI is InChI=1S/C20H22N6O/c21-26-17-8-9-19(24-16-4-1-5-18(16)27)25-20(17)23-12-13-6-7-15-14(11-13)3-2-10-22-15/h2-3,6-11,16,18,21,27H,1,4-5,12H2,(H2,23,24,25)/t16-,18-/m1/s1. The van der Waals surface area contributed by atoms with Crippen LogP contribution in [0, 0.1) is 5.53 Å². The normalized spacial score (nSPS) is 19.1. The van der Waals surface area contributed by atoms with E-state index in [2.05, 4.69) is 31.8 Å². The van der Waals surface area contributed by atoms with Gasteiger partial charge < -0.3 is 15.7 Å². The van der Waals surface area contributed by atoms with Crippen molar-refractivity contribution >= 4 is 28.2 Å². The van der Waals surface area contributed by atoms with Crippen LogP contribution < -0.4 is 10.6 Å². The van der Waals surface area contributed by atoms with Crippen molar-refractivity contribution in [3.63, 3.8) is 0 Å². The van der Waals surface area contributed by atoms with Gasteiger partial charge in [-0.15, -0.1) is 0 Å². The van der Waals surface area contributed by atoms with Gasteiger partial charge in [-0.1, -0.05) is 12.1 Å². The van der Waals surface area contributed by atoms with E-state index in [-0.39, 0.29) is 12.1 Å². The second-order valence-corrected chi connectivity index (χ2v) is 6.81. The highest BCUT2D eigenvalue weighted by molar-refractivity contribution is 5.79. The van der Waals surface area contributed by atoms with Crippen LogP contribution >= 0.6 is 0 Å². The number of benzene rings is 1. The van der Waals surface area contributed by atoms with Crippen molar-refractivity contribution in [1.29, 1.82) is 5.53 Å². The van der Waals surface area contributed by atoms with Crippen molar-refractivity contribution < 1.29 is 5.11 Å². The zero-order valence-electron chi connectivity index (χ0n) is 14.9. The van der Waals surface area contributed by atoms with E-state index in [4.69, 9.17) is 5.53 Å². The van der Waals surface area contributed by atoms with E-state index in [9.17, 15) is 5.11 Å². The van der Waals surface area contributed by atoms with Gasteiger partial charge in [0.15, 0.2) is 5.82 Å². The predicted molar refractivity (Wildman–Crippen MR) is 105 cm³/mol. The molecule has 3 aromatic rings. The third kappa shape index (κ3) is 3.88. The summed E-state index contributed by atoms with van der Waals surface area (Å²) >= 11 is 0. The number of aliphatic hydroxyl groups excluding tert-OH is 1. The van der Waals surface area contributed by atoms with E-state index in [1.54, 1.807) is 18.3 Å². The number of hydrogen-bond donors (Lipinski definition) is 4. The van der Waals surface area contributed by atoms with E-state index in [1.807, 2.05) is 24.3 Å². The van der Waals surface area contributed by atoms with Gasteiger partial charge in [0, 0.05) is 18.1 Å². The lowest BCUT2D eigenvalue weighted by Gasteiger charge is -2.18. The fourth-order valence-corrected chi connectivity index (χ4v) is 3.47. The number of nitrogens with zero attached hydrogens (tertiary/aromatic N) is 3. The summed E-state index contributed by atoms with van der Waals surface area (Å²) < 4.78 is 0. The molecule has 2 heterocycles. The summed E-state index contributed by atoms with van der Waals surface area (Å²) in [4.78, 5) is 8.89. The molecule has 7 nitrogen and oxygen atoms in total. The smallest absolute Gasteiger partial charge is 0.156 e. The molecule has 2 atom stereocenters. The average molecular weight is 362 g/mol. The number of aliphatic hydroxyl groups is 1. The van der Waals surface area contributed by atoms with E-state index in [0.717, 1.165) is 35.7 Å². The van der Waals surface area contributed by atoms with Crippen LogP contribution in [0.1, 0.15) is 24.8 Å². The largest absolute Gasteiger partial charge is 0.391 e. The Labute approximate surface area is 157 Å². The van der Waals surface area contributed by atoms with Gasteiger partial charge in [-0.3, -0.25) is 4.98 Å². The minimum Gasteiger partial charge on any atom is -0.391 e. The molecule has 4 N–H and O–H groups in total. The topological polar surface area (TPSA) is 106 Å². The molecule has 0 bridgehead atoms. The van der Waals surface area contributed by atoms with Crippen molar-refractivity contribution in [2.45, 2.75) is 38.0 Å². The summed E-state index contributed by atoms with van der Waals surface area (Å²) in [6.07, 6.45) is 4.21. The third-order valence-electron chi connectivity index (χ3n) is 4.93. The van der Waals surface area contributed by atoms with Crippen LogP contribution in [0.5, 0.6) is 0 Å². The molecule has 2 aromatic heterocycles. The Morgan fingerprint density at radius 3 is 2.93 bits per heavy atom. The van der Waals surface area contributed by atoms with Crippen molar-refractivity contribution in [3.05, 3.63) is 54.2 Å². The van der Waals surface area contributed by atoms with Gasteiger partial charge in [-0.2, -0.15) is 5.11 Å². The van der Waals surface area contributed by atoms with E-state index in [0.29, 0.717) is 23.9 Å². The number of rotatable bonds is 6. The van der Waals surface area contributed by atoms with Crippen molar-refractivity contribution in [1.82, 2.24) is 9.97 Å². The van der Waals surface area contributed by atoms with Gasteiger partial charge >= 0.3 is 0 Å². The van der Waals surface area contributed by atoms with Crippen molar-refractivity contribution in [2.24, 2.45) is 5.11 Å². The summed E-state index contributed by atoms with van der Waals surface area (Å²) in [5, 5.41) is 21.2. The zero-order valence-corrected chi connectivity index (χ0v) is 14.9. The van der Waals surface area contributed by atoms with Gasteiger partial charge in [0.25, 0.3) is 0 Å². The maximum Gasteiger partial charge on any atom is 0.156 e. The number of anilines is 2. The van der Waals surface area contributed by atoms with Crippen LogP contribution in [-0.4, -0.2) is 27.2 Å². The Balaban J connectivity index is 1.50. The molecule has 0 unspecified atom stereocenters. The quantitative estimate of drug-likeness (QED) is 0.491. The molecule has 0 radical (unpaired) electrons. The Kier molecular flexibility index (Phi) is 4.93. The summed E-state index contributed by atoms with van der Waals surface area (Å²) in [5.74, 6) is 1.23. The van der Waals surface area contributed by atoms with E-state index in [1.165, 1.54) is 0 Å². The van der Waals surface area contributed by atoms with Gasteiger partial charge in [-0.05, 0) is 55.2 Å². The molecular weight excluding hydrogens is 340 g/mol. The molecule has 4 rings (SSSR count). The van der Waals surface area contributed by atoms with Gasteiger partial charge in [0.1, 0.15) is 11.5 Å². The molecule has 0 aliphatic heterocycles. The molecule has 1 fully saturated rings. The molecule has 0 amide bonds. The molecule has 0 saturated heterocycles. The van der Waals surface area contributed by atoms with Gasteiger partial charge in [0.05, 0.1) is 17.7 Å². The first-order chi connectivity index (χ1) is 13.2. The van der Waals surface area contributed by atoms with Crippen molar-refractivity contribution in [2.75, 3.05) is 10.6 Å². The Morgan fingerprint density at radius 1 is 1.19 bits per heavy atom. The average Bonchev–Trinajstić information content (AvgIpc) is 3.11. The van der Waals surface area contributed by atoms with E-state index < -0.39 is 0 Å². The molecule has 1 aliphatic carbocycles. The molecule has 0 spiro atoms. The first-order valence-electron chi connectivity index (χ1n) is 9.13. The van der Waals surface area contributed by atoms with Crippen LogP contribution in [0.25, 0.3) is 10.9 Å². The SMILES string of the molecule is N=Nc1ccc(N[C@@H]2CCC[C@H]2O)nc1NCc1ccc2ncccc2c1. The second-order valence-electron chi connectivity index (χ2n) is 6.81. The first kappa shape index (κ1) is 17.4. The minimum absolute atomic E-state index is 0.0251. The predicted octanol–water partition coefficient (Wildman–Crippen LogP) is 4.23. The number of fused-ring (bicyclic) bond motifs is 1. The fourth-order valence-electron chi connectivity index (χ4n) is 3.47. The van der Waals surface area contributed by atoms with Crippen LogP contribution in [0.4, 0.5) is 17.3 Å². The van der Waals surface area contributed by atoms with Crippen LogP contribution in [-0.2, 0) is 6.54 Å². The van der Waals surface area contributed by atoms with Crippen molar-refractivity contribution in [3.8, 4) is 0 Å². The third-order valence-corrected chi connectivity index (χ3v) is 4.93. The van der Waals surface area contributed by atoms with Crippen LogP contribution in [0.3, 0.4) is 0 Å². The Hall–Kier alpha value is -3.06. The molecule has 138 valence electrons. The first-order valence-corrected chi connectivity index (χ1v) is 9.13. The highest BCUT2D eigenvalue weighted by atomic mass is 16.3. The lowest BCUT2D eigenvalue weighted by Crippen LogP contribution is -2.28. The maximum absolute atomic E-state index is 10.00. The van der Waals surface area contributed by atoms with E-state index >= 15 is 0 Å². The van der Waals surface area contributed by atoms with Gasteiger partial charge in [0.2, 0.25) is 0 Å². The number of pyridine rings is 2. The maximum atomic E-state index is 10.00. The molecule has 7 heteroatoms. The monoisotopic (exact) mass is 362 g/mol. The molecule has 1 saturated carbocycles. The summed E-state index contributed by atoms with van der Waals surface area (Å²) in [5.41, 5.74) is 9.92. The minimum atomic E-state index is -0.338. The summed E-state index contributed by atoms with van der Waals surface area (Å²) in [7, 11) is 0. The lowest BCUT2D eigenvalue weighted by molar-refractivity contribution is 0.171. The Morgan fingerprint density at radius 2 is 2.11 bits per heavy atom. The fraction of sp³-hybridized carbons (Fsp3) is 0.300. The lowest BCUT2D eigenvalue weighted by atomic mass is 10.1. The second kappa shape index (κ2) is 7.67. The molecular formula is C20H22N6O. The highest BCUT2D eigenvalue weighted by Crippen LogP contribution is 2.28. The number of hydrogen-bond acceptors (Lipinski definition) is 7. The highest BCUT2D eigenvalue weighted by Gasteiger charge is 2.25. The molecule has 1 aliphatic rings. The van der Waals surface area contributed by atoms with Crippen LogP contribution in [0.15, 0.2) is 53.8 Å². The number of aromatic nitrogens is 2. The van der Waals surface area contributed by atoms with Gasteiger partial charge in [-0.25, -0.2) is 10.5 Å². The Bertz CT molecular complexity index is 960. The summed E-state index contributed by atoms with van der Waals surface area (Å²) in [6.45, 7) is 0.565. The molecule has 1 aromatic carbocycles.